The molecule has 0 aliphatic carbocycles. The van der Waals surface area contributed by atoms with Gasteiger partial charge in [0.2, 0.25) is 0 Å². The molecule has 4 rings (SSSR count). The van der Waals surface area contributed by atoms with Crippen molar-refractivity contribution in [3.05, 3.63) is 83.2 Å². The van der Waals surface area contributed by atoms with Crippen LogP contribution in [0.25, 0.3) is 11.0 Å². The summed E-state index contributed by atoms with van der Waals surface area (Å²) in [7, 11) is 7.19. The van der Waals surface area contributed by atoms with E-state index in [0.29, 0.717) is 23.5 Å². The van der Waals surface area contributed by atoms with Crippen LogP contribution >= 0.6 is 0 Å². The molecule has 1 amide bonds. The minimum Gasteiger partial charge on any atom is -0.493 e. The van der Waals surface area contributed by atoms with E-state index >= 15 is 0 Å². The monoisotopic (exact) mass is 457 g/mol. The van der Waals surface area contributed by atoms with Gasteiger partial charge in [-0.05, 0) is 53.6 Å². The molecule has 0 unspecified atom stereocenters. The van der Waals surface area contributed by atoms with Crippen molar-refractivity contribution >= 4 is 28.8 Å². The van der Waals surface area contributed by atoms with Gasteiger partial charge in [-0.3, -0.25) is 4.79 Å². The zero-order valence-corrected chi connectivity index (χ0v) is 19.6. The van der Waals surface area contributed by atoms with Crippen LogP contribution < -0.4 is 19.8 Å². The van der Waals surface area contributed by atoms with Gasteiger partial charge in [0.1, 0.15) is 5.82 Å². The molecular weight excluding hydrogens is 430 g/mol. The maximum atomic E-state index is 12.6. The summed E-state index contributed by atoms with van der Waals surface area (Å²) in [6, 6.07) is 19.0. The molecular formula is C26H27N5O3. The van der Waals surface area contributed by atoms with Crippen LogP contribution in [0.2, 0.25) is 0 Å². The molecule has 1 heterocycles. The van der Waals surface area contributed by atoms with Crippen LogP contribution in [0.1, 0.15) is 27.3 Å². The second-order valence-electron chi connectivity index (χ2n) is 7.97. The van der Waals surface area contributed by atoms with Crippen molar-refractivity contribution < 1.29 is 14.3 Å². The summed E-state index contributed by atoms with van der Waals surface area (Å²) in [4.78, 5) is 22.5. The highest BCUT2D eigenvalue weighted by Gasteiger charge is 2.11. The molecule has 2 N–H and O–H groups in total. The normalized spacial score (nSPS) is 11.1. The van der Waals surface area contributed by atoms with Gasteiger partial charge in [-0.2, -0.15) is 5.10 Å². The molecule has 0 spiro atoms. The molecule has 8 heteroatoms. The Kier molecular flexibility index (Phi) is 6.77. The SMILES string of the molecule is COc1ccc(Cc2nc3ccc(C(=O)N/N=C\c4ccc(N(C)C)cc4)cc3[nH]2)cc1OC. The molecule has 0 radical (unpaired) electrons. The number of hydrogen-bond donors (Lipinski definition) is 2. The highest BCUT2D eigenvalue weighted by atomic mass is 16.5. The van der Waals surface area contributed by atoms with Gasteiger partial charge in [-0.15, -0.1) is 0 Å². The van der Waals surface area contributed by atoms with E-state index in [9.17, 15) is 4.79 Å². The summed E-state index contributed by atoms with van der Waals surface area (Å²) in [6.07, 6.45) is 2.21. The fraction of sp³-hybridized carbons (Fsp3) is 0.192. The predicted molar refractivity (Wildman–Crippen MR) is 134 cm³/mol. The number of hydrogen-bond acceptors (Lipinski definition) is 6. The number of imidazole rings is 1. The molecule has 174 valence electrons. The lowest BCUT2D eigenvalue weighted by Crippen LogP contribution is -2.17. The van der Waals surface area contributed by atoms with E-state index in [4.69, 9.17) is 9.47 Å². The number of rotatable bonds is 8. The number of anilines is 1. The Hall–Kier alpha value is -4.33. The predicted octanol–water partition coefficient (Wildman–Crippen LogP) is 4.00. The molecule has 0 fully saturated rings. The number of nitrogens with one attached hydrogen (secondary N) is 2. The number of benzene rings is 3. The minimum atomic E-state index is -0.292. The molecule has 0 aliphatic heterocycles. The highest BCUT2D eigenvalue weighted by molar-refractivity contribution is 5.97. The number of nitrogens with zero attached hydrogens (tertiary/aromatic N) is 3. The number of carbonyl (C=O) groups is 1. The molecule has 8 nitrogen and oxygen atoms in total. The van der Waals surface area contributed by atoms with Crippen molar-refractivity contribution in [2.75, 3.05) is 33.2 Å². The van der Waals surface area contributed by atoms with Gasteiger partial charge in [0, 0.05) is 31.8 Å². The summed E-state index contributed by atoms with van der Waals surface area (Å²) in [5.74, 6) is 1.85. The second-order valence-corrected chi connectivity index (χ2v) is 7.97. The average molecular weight is 458 g/mol. The summed E-state index contributed by atoms with van der Waals surface area (Å²) in [6.45, 7) is 0. The lowest BCUT2D eigenvalue weighted by atomic mass is 10.1. The van der Waals surface area contributed by atoms with Crippen LogP contribution in [0.15, 0.2) is 65.8 Å². The molecule has 0 saturated carbocycles. The number of methoxy groups -OCH3 is 2. The van der Waals surface area contributed by atoms with Crippen LogP contribution in [0.3, 0.4) is 0 Å². The summed E-state index contributed by atoms with van der Waals surface area (Å²) in [5, 5.41) is 4.08. The van der Waals surface area contributed by atoms with Gasteiger partial charge >= 0.3 is 0 Å². The van der Waals surface area contributed by atoms with Gasteiger partial charge < -0.3 is 19.4 Å². The Morgan fingerprint density at radius 2 is 1.79 bits per heavy atom. The van der Waals surface area contributed by atoms with Crippen LogP contribution in [0, 0.1) is 0 Å². The smallest absolute Gasteiger partial charge is 0.271 e. The molecule has 1 aromatic heterocycles. The first-order chi connectivity index (χ1) is 16.5. The first kappa shape index (κ1) is 22.8. The number of carbonyl (C=O) groups excluding carboxylic acids is 1. The number of ether oxygens (including phenoxy) is 2. The lowest BCUT2D eigenvalue weighted by molar-refractivity contribution is 0.0955. The minimum absolute atomic E-state index is 0.292. The maximum Gasteiger partial charge on any atom is 0.271 e. The topological polar surface area (TPSA) is 91.8 Å². The lowest BCUT2D eigenvalue weighted by Gasteiger charge is -2.11. The first-order valence-electron chi connectivity index (χ1n) is 10.8. The quantitative estimate of drug-likeness (QED) is 0.308. The third kappa shape index (κ3) is 5.17. The second kappa shape index (κ2) is 10.1. The van der Waals surface area contributed by atoms with Gasteiger partial charge in [0.25, 0.3) is 5.91 Å². The van der Waals surface area contributed by atoms with E-state index in [1.807, 2.05) is 67.5 Å². The molecule has 0 aliphatic rings. The van der Waals surface area contributed by atoms with E-state index < -0.39 is 0 Å². The van der Waals surface area contributed by atoms with Crippen LogP contribution in [0.4, 0.5) is 5.69 Å². The summed E-state index contributed by atoms with van der Waals surface area (Å²) >= 11 is 0. The Bertz CT molecular complexity index is 1330. The molecule has 0 bridgehead atoms. The van der Waals surface area contributed by atoms with E-state index in [0.717, 1.165) is 33.7 Å². The number of aromatic nitrogens is 2. The number of H-pyrrole nitrogens is 1. The fourth-order valence-corrected chi connectivity index (χ4v) is 3.56. The number of amides is 1. The summed E-state index contributed by atoms with van der Waals surface area (Å²) in [5.41, 5.74) is 7.67. The zero-order valence-electron chi connectivity index (χ0n) is 19.6. The van der Waals surface area contributed by atoms with Crippen molar-refractivity contribution in [3.8, 4) is 11.5 Å². The van der Waals surface area contributed by atoms with E-state index in [1.165, 1.54) is 0 Å². The van der Waals surface area contributed by atoms with Gasteiger partial charge in [-0.1, -0.05) is 18.2 Å². The van der Waals surface area contributed by atoms with Crippen LogP contribution in [-0.4, -0.2) is 50.4 Å². The molecule has 0 atom stereocenters. The Balaban J connectivity index is 1.43. The third-order valence-corrected chi connectivity index (χ3v) is 5.40. The number of fused-ring (bicyclic) bond motifs is 1. The molecule has 34 heavy (non-hydrogen) atoms. The van der Waals surface area contributed by atoms with E-state index in [-0.39, 0.29) is 5.91 Å². The first-order valence-corrected chi connectivity index (χ1v) is 10.8. The van der Waals surface area contributed by atoms with Gasteiger partial charge in [0.15, 0.2) is 11.5 Å². The van der Waals surface area contributed by atoms with E-state index in [2.05, 4.69) is 20.5 Å². The van der Waals surface area contributed by atoms with E-state index in [1.54, 1.807) is 32.6 Å². The van der Waals surface area contributed by atoms with Gasteiger partial charge in [-0.25, -0.2) is 10.4 Å². The largest absolute Gasteiger partial charge is 0.493 e. The van der Waals surface area contributed by atoms with Crippen molar-refractivity contribution in [3.63, 3.8) is 0 Å². The van der Waals surface area contributed by atoms with Crippen molar-refractivity contribution in [1.29, 1.82) is 0 Å². The fourth-order valence-electron chi connectivity index (χ4n) is 3.56. The molecule has 3 aromatic carbocycles. The summed E-state index contributed by atoms with van der Waals surface area (Å²) < 4.78 is 10.7. The number of aromatic amines is 1. The maximum absolute atomic E-state index is 12.6. The zero-order chi connectivity index (χ0) is 24.1. The Labute approximate surface area is 198 Å². The average Bonchev–Trinajstić information content (AvgIpc) is 3.25. The highest BCUT2D eigenvalue weighted by Crippen LogP contribution is 2.28. The van der Waals surface area contributed by atoms with Crippen molar-refractivity contribution in [1.82, 2.24) is 15.4 Å². The number of hydrazone groups is 1. The van der Waals surface area contributed by atoms with Crippen LogP contribution in [0.5, 0.6) is 11.5 Å². The third-order valence-electron chi connectivity index (χ3n) is 5.40. The molecule has 4 aromatic rings. The van der Waals surface area contributed by atoms with Crippen molar-refractivity contribution in [2.24, 2.45) is 5.10 Å². The van der Waals surface area contributed by atoms with Gasteiger partial charge in [0.05, 0.1) is 31.5 Å². The van der Waals surface area contributed by atoms with Crippen LogP contribution in [-0.2, 0) is 6.42 Å². The van der Waals surface area contributed by atoms with Crippen molar-refractivity contribution in [2.45, 2.75) is 6.42 Å². The standard InChI is InChI=1S/C26H27N5O3/c1-31(2)20-9-5-17(6-10-20)16-27-30-26(32)19-8-11-21-22(15-19)29-25(28-21)14-18-7-12-23(33-3)24(13-18)34-4/h5-13,15-16H,14H2,1-4H3,(H,28,29)(H,30,32)/b27-16-. The molecule has 0 saturated heterocycles. The Morgan fingerprint density at radius 1 is 1.03 bits per heavy atom. The Morgan fingerprint density at radius 3 is 2.50 bits per heavy atom.